The standard InChI is InChI=1S/C11H17BO/c1-11(2,3)9-5-7-10(8-6-9)12(4)13/h5-8,13H,1-4H3. The molecule has 1 aromatic rings. The van der Waals surface area contributed by atoms with E-state index in [-0.39, 0.29) is 12.3 Å². The Labute approximate surface area is 80.9 Å². The van der Waals surface area contributed by atoms with Crippen molar-refractivity contribution in [2.45, 2.75) is 33.0 Å². The molecule has 1 aromatic carbocycles. The fourth-order valence-corrected chi connectivity index (χ4v) is 1.26. The fourth-order valence-electron chi connectivity index (χ4n) is 1.26. The molecule has 0 heterocycles. The summed E-state index contributed by atoms with van der Waals surface area (Å²) in [4.78, 5) is 0. The summed E-state index contributed by atoms with van der Waals surface area (Å²) in [6, 6.07) is 8.15. The van der Waals surface area contributed by atoms with E-state index in [1.165, 1.54) is 5.56 Å². The predicted octanol–water partition coefficient (Wildman–Crippen LogP) is 1.80. The molecule has 13 heavy (non-hydrogen) atoms. The number of benzene rings is 1. The van der Waals surface area contributed by atoms with Crippen molar-refractivity contribution in [2.24, 2.45) is 0 Å². The Morgan fingerprint density at radius 3 is 1.85 bits per heavy atom. The van der Waals surface area contributed by atoms with Gasteiger partial charge in [-0.05, 0) is 16.4 Å². The van der Waals surface area contributed by atoms with Crippen molar-refractivity contribution in [2.75, 3.05) is 0 Å². The molecule has 70 valence electrons. The molecule has 0 spiro atoms. The molecule has 1 nitrogen and oxygen atoms in total. The first-order valence-electron chi connectivity index (χ1n) is 4.70. The van der Waals surface area contributed by atoms with E-state index in [0.29, 0.717) is 0 Å². The third-order valence-electron chi connectivity index (χ3n) is 2.26. The maximum Gasteiger partial charge on any atom is 0.320 e. The average Bonchev–Trinajstić information content (AvgIpc) is 2.03. The van der Waals surface area contributed by atoms with E-state index in [0.717, 1.165) is 5.46 Å². The second-order valence-electron chi connectivity index (χ2n) is 4.55. The molecule has 0 saturated heterocycles. The lowest BCUT2D eigenvalue weighted by Gasteiger charge is -2.19. The first kappa shape index (κ1) is 10.3. The van der Waals surface area contributed by atoms with Crippen molar-refractivity contribution >= 4 is 12.4 Å². The molecule has 0 aromatic heterocycles. The van der Waals surface area contributed by atoms with Gasteiger partial charge in [-0.3, -0.25) is 0 Å². The molecule has 0 bridgehead atoms. The van der Waals surface area contributed by atoms with Crippen molar-refractivity contribution in [1.29, 1.82) is 0 Å². The highest BCUT2D eigenvalue weighted by atomic mass is 16.2. The molecular weight excluding hydrogens is 159 g/mol. The Hall–Kier alpha value is -0.755. The van der Waals surface area contributed by atoms with Gasteiger partial charge in [-0.15, -0.1) is 0 Å². The number of hydrogen-bond acceptors (Lipinski definition) is 1. The van der Waals surface area contributed by atoms with Crippen LogP contribution >= 0.6 is 0 Å². The van der Waals surface area contributed by atoms with Gasteiger partial charge in [0, 0.05) is 0 Å². The number of hydrogen-bond donors (Lipinski definition) is 1. The summed E-state index contributed by atoms with van der Waals surface area (Å²) in [5, 5.41) is 9.32. The van der Waals surface area contributed by atoms with Gasteiger partial charge in [0.05, 0.1) is 0 Å². The van der Waals surface area contributed by atoms with Gasteiger partial charge in [-0.25, -0.2) is 0 Å². The van der Waals surface area contributed by atoms with Gasteiger partial charge >= 0.3 is 6.92 Å². The van der Waals surface area contributed by atoms with Gasteiger partial charge in [0.25, 0.3) is 0 Å². The molecular formula is C11H17BO. The quantitative estimate of drug-likeness (QED) is 0.647. The normalized spacial score (nSPS) is 11.5. The van der Waals surface area contributed by atoms with Crippen molar-refractivity contribution in [3.63, 3.8) is 0 Å². The molecule has 0 aliphatic rings. The van der Waals surface area contributed by atoms with E-state index in [2.05, 4.69) is 32.9 Å². The van der Waals surface area contributed by atoms with Gasteiger partial charge < -0.3 is 5.02 Å². The summed E-state index contributed by atoms with van der Waals surface area (Å²) in [6.07, 6.45) is 0. The Kier molecular flexibility index (Phi) is 2.82. The molecule has 0 fully saturated rings. The minimum Gasteiger partial charge on any atom is -0.447 e. The highest BCUT2D eigenvalue weighted by molar-refractivity contribution is 6.64. The third kappa shape index (κ3) is 2.59. The second kappa shape index (κ2) is 3.55. The molecule has 0 amide bonds. The lowest BCUT2D eigenvalue weighted by atomic mass is 9.64. The topological polar surface area (TPSA) is 20.2 Å². The van der Waals surface area contributed by atoms with Crippen LogP contribution in [0, 0.1) is 0 Å². The predicted molar refractivity (Wildman–Crippen MR) is 58.6 cm³/mol. The van der Waals surface area contributed by atoms with Crippen LogP contribution in [-0.4, -0.2) is 11.9 Å². The second-order valence-corrected chi connectivity index (χ2v) is 4.55. The van der Waals surface area contributed by atoms with E-state index >= 15 is 0 Å². The summed E-state index contributed by atoms with van der Waals surface area (Å²) in [6.45, 7) is 7.97. The number of rotatable bonds is 1. The molecule has 2 heteroatoms. The van der Waals surface area contributed by atoms with Gasteiger partial charge in [-0.2, -0.15) is 0 Å². The van der Waals surface area contributed by atoms with Gasteiger partial charge in [0.15, 0.2) is 0 Å². The Balaban J connectivity index is 2.94. The SMILES string of the molecule is CB(O)c1ccc(C(C)(C)C)cc1. The highest BCUT2D eigenvalue weighted by Crippen LogP contribution is 2.20. The van der Waals surface area contributed by atoms with Crippen LogP contribution in [0.25, 0.3) is 0 Å². The monoisotopic (exact) mass is 176 g/mol. The largest absolute Gasteiger partial charge is 0.447 e. The summed E-state index contributed by atoms with van der Waals surface area (Å²) in [7, 11) is 0. The lowest BCUT2D eigenvalue weighted by Crippen LogP contribution is -2.26. The summed E-state index contributed by atoms with van der Waals surface area (Å²) < 4.78 is 0. The smallest absolute Gasteiger partial charge is 0.320 e. The lowest BCUT2D eigenvalue weighted by molar-refractivity contribution is 0.588. The van der Waals surface area contributed by atoms with Crippen LogP contribution in [0.1, 0.15) is 26.3 Å². The molecule has 0 radical (unpaired) electrons. The first-order valence-corrected chi connectivity index (χ1v) is 4.70. The van der Waals surface area contributed by atoms with E-state index in [1.54, 1.807) is 6.82 Å². The zero-order chi connectivity index (χ0) is 10.1. The van der Waals surface area contributed by atoms with E-state index in [1.807, 2.05) is 12.1 Å². The summed E-state index contributed by atoms with van der Waals surface area (Å²) >= 11 is 0. The fraction of sp³-hybridized carbons (Fsp3) is 0.455. The third-order valence-corrected chi connectivity index (χ3v) is 2.26. The average molecular weight is 176 g/mol. The summed E-state index contributed by atoms with van der Waals surface area (Å²) in [5.41, 5.74) is 2.47. The minimum absolute atomic E-state index is 0.192. The van der Waals surface area contributed by atoms with Crippen LogP contribution in [0.4, 0.5) is 0 Å². The van der Waals surface area contributed by atoms with Crippen molar-refractivity contribution in [3.8, 4) is 0 Å². The van der Waals surface area contributed by atoms with Crippen LogP contribution in [-0.2, 0) is 5.41 Å². The van der Waals surface area contributed by atoms with Gasteiger partial charge in [0.2, 0.25) is 0 Å². The van der Waals surface area contributed by atoms with Crippen LogP contribution < -0.4 is 5.46 Å². The molecule has 1 N–H and O–H groups in total. The molecule has 0 unspecified atom stereocenters. The van der Waals surface area contributed by atoms with Gasteiger partial charge in [-0.1, -0.05) is 51.9 Å². The Bertz CT molecular complexity index is 269. The van der Waals surface area contributed by atoms with Crippen LogP contribution in [0.2, 0.25) is 6.82 Å². The van der Waals surface area contributed by atoms with Crippen LogP contribution in [0.5, 0.6) is 0 Å². The molecule has 0 atom stereocenters. The Morgan fingerprint density at radius 2 is 1.54 bits per heavy atom. The molecule has 1 rings (SSSR count). The van der Waals surface area contributed by atoms with Crippen LogP contribution in [0.15, 0.2) is 24.3 Å². The van der Waals surface area contributed by atoms with Crippen molar-refractivity contribution in [3.05, 3.63) is 29.8 Å². The van der Waals surface area contributed by atoms with E-state index < -0.39 is 0 Å². The zero-order valence-electron chi connectivity index (χ0n) is 8.83. The summed E-state index contributed by atoms with van der Waals surface area (Å²) in [5.74, 6) is 0. The van der Waals surface area contributed by atoms with Crippen LogP contribution in [0.3, 0.4) is 0 Å². The first-order chi connectivity index (χ1) is 5.91. The maximum absolute atomic E-state index is 9.32. The molecule has 0 aliphatic heterocycles. The maximum atomic E-state index is 9.32. The van der Waals surface area contributed by atoms with E-state index in [9.17, 15) is 5.02 Å². The minimum atomic E-state index is -0.367. The van der Waals surface area contributed by atoms with E-state index in [4.69, 9.17) is 0 Å². The zero-order valence-corrected chi connectivity index (χ0v) is 8.83. The molecule has 0 aliphatic carbocycles. The molecule has 0 saturated carbocycles. The van der Waals surface area contributed by atoms with Gasteiger partial charge in [0.1, 0.15) is 0 Å². The van der Waals surface area contributed by atoms with Crippen molar-refractivity contribution < 1.29 is 5.02 Å². The highest BCUT2D eigenvalue weighted by Gasteiger charge is 2.14. The Morgan fingerprint density at radius 1 is 1.08 bits per heavy atom. The van der Waals surface area contributed by atoms with Crippen molar-refractivity contribution in [1.82, 2.24) is 0 Å².